The SMILES string of the molecule is C=CCN(c1ccc2c(c1)OCO2)S(=O)(=O)c1ccc(OC)c(Cl)c1. The van der Waals surface area contributed by atoms with Crippen molar-refractivity contribution in [3.8, 4) is 17.2 Å². The summed E-state index contributed by atoms with van der Waals surface area (Å²) in [6.45, 7) is 3.84. The number of sulfonamides is 1. The molecule has 2 aromatic rings. The normalized spacial score (nSPS) is 12.7. The quantitative estimate of drug-likeness (QED) is 0.717. The molecule has 0 aromatic heterocycles. The van der Waals surface area contributed by atoms with E-state index >= 15 is 0 Å². The molecule has 2 aromatic carbocycles. The molecule has 0 radical (unpaired) electrons. The molecule has 6 nitrogen and oxygen atoms in total. The van der Waals surface area contributed by atoms with Gasteiger partial charge in [-0.25, -0.2) is 8.42 Å². The lowest BCUT2D eigenvalue weighted by molar-refractivity contribution is 0.174. The summed E-state index contributed by atoms with van der Waals surface area (Å²) in [5.41, 5.74) is 0.441. The number of fused-ring (bicyclic) bond motifs is 1. The summed E-state index contributed by atoms with van der Waals surface area (Å²) in [6, 6.07) is 9.27. The van der Waals surface area contributed by atoms with Crippen LogP contribution < -0.4 is 18.5 Å². The van der Waals surface area contributed by atoms with Crippen molar-refractivity contribution in [3.63, 3.8) is 0 Å². The number of hydrogen-bond acceptors (Lipinski definition) is 5. The molecule has 0 unspecified atom stereocenters. The van der Waals surface area contributed by atoms with E-state index in [-0.39, 0.29) is 23.3 Å². The highest BCUT2D eigenvalue weighted by molar-refractivity contribution is 7.92. The fraction of sp³-hybridized carbons (Fsp3) is 0.176. The second kappa shape index (κ2) is 6.85. The molecule has 3 rings (SSSR count). The standard InChI is InChI=1S/C17H16ClNO5S/c1-3-8-19(12-4-6-16-17(9-12)24-11-23-16)25(20,21)13-5-7-15(22-2)14(18)10-13/h3-7,9-10H,1,8,11H2,2H3. The van der Waals surface area contributed by atoms with E-state index in [1.807, 2.05) is 0 Å². The lowest BCUT2D eigenvalue weighted by atomic mass is 10.3. The van der Waals surface area contributed by atoms with Gasteiger partial charge in [-0.2, -0.15) is 0 Å². The summed E-state index contributed by atoms with van der Waals surface area (Å²) in [6.07, 6.45) is 1.51. The van der Waals surface area contributed by atoms with Gasteiger partial charge in [0.15, 0.2) is 11.5 Å². The number of anilines is 1. The van der Waals surface area contributed by atoms with Crippen molar-refractivity contribution >= 4 is 27.3 Å². The van der Waals surface area contributed by atoms with E-state index in [4.69, 9.17) is 25.8 Å². The molecule has 0 spiro atoms. The Kier molecular flexibility index (Phi) is 4.78. The van der Waals surface area contributed by atoms with E-state index < -0.39 is 10.0 Å². The molecule has 0 saturated carbocycles. The van der Waals surface area contributed by atoms with Crippen LogP contribution in [0.4, 0.5) is 5.69 Å². The first-order chi connectivity index (χ1) is 12.0. The van der Waals surface area contributed by atoms with Crippen molar-refractivity contribution in [3.05, 3.63) is 54.1 Å². The van der Waals surface area contributed by atoms with E-state index in [0.717, 1.165) is 0 Å². The van der Waals surface area contributed by atoms with Crippen LogP contribution in [0.1, 0.15) is 0 Å². The Balaban J connectivity index is 2.04. The smallest absolute Gasteiger partial charge is 0.264 e. The average molecular weight is 382 g/mol. The van der Waals surface area contributed by atoms with Crippen molar-refractivity contribution in [2.45, 2.75) is 4.90 Å². The first-order valence-electron chi connectivity index (χ1n) is 7.34. The van der Waals surface area contributed by atoms with Crippen LogP contribution in [0.25, 0.3) is 0 Å². The third kappa shape index (κ3) is 3.25. The summed E-state index contributed by atoms with van der Waals surface area (Å²) in [5.74, 6) is 1.47. The van der Waals surface area contributed by atoms with Crippen LogP contribution in [-0.2, 0) is 10.0 Å². The zero-order valence-electron chi connectivity index (χ0n) is 13.4. The van der Waals surface area contributed by atoms with Gasteiger partial charge in [-0.1, -0.05) is 17.7 Å². The highest BCUT2D eigenvalue weighted by Gasteiger charge is 2.26. The summed E-state index contributed by atoms with van der Waals surface area (Å²) in [4.78, 5) is 0.0535. The molecule has 1 aliphatic rings. The summed E-state index contributed by atoms with van der Waals surface area (Å²) >= 11 is 6.08. The van der Waals surface area contributed by atoms with Crippen molar-refractivity contribution in [2.24, 2.45) is 0 Å². The maximum atomic E-state index is 13.1. The van der Waals surface area contributed by atoms with Gasteiger partial charge in [0.05, 0.1) is 29.3 Å². The second-order valence-electron chi connectivity index (χ2n) is 5.16. The van der Waals surface area contributed by atoms with E-state index in [1.54, 1.807) is 18.2 Å². The van der Waals surface area contributed by atoms with E-state index in [0.29, 0.717) is 22.9 Å². The zero-order chi connectivity index (χ0) is 18.0. The van der Waals surface area contributed by atoms with Crippen molar-refractivity contribution in [2.75, 3.05) is 24.8 Å². The topological polar surface area (TPSA) is 65.1 Å². The van der Waals surface area contributed by atoms with Crippen LogP contribution in [0.2, 0.25) is 5.02 Å². The Bertz CT molecular complexity index is 913. The minimum atomic E-state index is -3.86. The van der Waals surface area contributed by atoms with Crippen LogP contribution in [0.5, 0.6) is 17.2 Å². The maximum absolute atomic E-state index is 13.1. The minimum absolute atomic E-state index is 0.0535. The molecule has 0 saturated heterocycles. The van der Waals surface area contributed by atoms with Crippen LogP contribution in [0.3, 0.4) is 0 Å². The zero-order valence-corrected chi connectivity index (χ0v) is 15.0. The van der Waals surface area contributed by atoms with E-state index in [1.165, 1.54) is 35.7 Å². The predicted molar refractivity (Wildman–Crippen MR) is 95.3 cm³/mol. The molecular weight excluding hydrogens is 366 g/mol. The van der Waals surface area contributed by atoms with Gasteiger partial charge in [0.2, 0.25) is 6.79 Å². The molecule has 0 amide bonds. The van der Waals surface area contributed by atoms with Crippen LogP contribution in [0.15, 0.2) is 53.9 Å². The third-order valence-electron chi connectivity index (χ3n) is 3.65. The van der Waals surface area contributed by atoms with Gasteiger partial charge in [0, 0.05) is 6.07 Å². The number of halogens is 1. The number of benzene rings is 2. The van der Waals surface area contributed by atoms with Crippen molar-refractivity contribution in [1.29, 1.82) is 0 Å². The Hall–Kier alpha value is -2.38. The van der Waals surface area contributed by atoms with Gasteiger partial charge in [-0.05, 0) is 30.3 Å². The first kappa shape index (κ1) is 17.4. The lowest BCUT2D eigenvalue weighted by Gasteiger charge is -2.23. The fourth-order valence-electron chi connectivity index (χ4n) is 2.43. The Morgan fingerprint density at radius 2 is 2.00 bits per heavy atom. The highest BCUT2D eigenvalue weighted by atomic mass is 35.5. The lowest BCUT2D eigenvalue weighted by Crippen LogP contribution is -2.31. The molecule has 132 valence electrons. The minimum Gasteiger partial charge on any atom is -0.495 e. The van der Waals surface area contributed by atoms with Gasteiger partial charge < -0.3 is 14.2 Å². The van der Waals surface area contributed by atoms with E-state index in [9.17, 15) is 8.42 Å². The number of nitrogens with zero attached hydrogens (tertiary/aromatic N) is 1. The Morgan fingerprint density at radius 3 is 2.68 bits per heavy atom. The average Bonchev–Trinajstić information content (AvgIpc) is 3.07. The number of ether oxygens (including phenoxy) is 3. The van der Waals surface area contributed by atoms with Crippen molar-refractivity contribution in [1.82, 2.24) is 0 Å². The summed E-state index contributed by atoms with van der Waals surface area (Å²) in [5, 5.41) is 0.216. The Labute approximate surface area is 151 Å². The second-order valence-corrected chi connectivity index (χ2v) is 7.43. The van der Waals surface area contributed by atoms with Gasteiger partial charge in [-0.15, -0.1) is 6.58 Å². The van der Waals surface area contributed by atoms with Gasteiger partial charge >= 0.3 is 0 Å². The Morgan fingerprint density at radius 1 is 1.24 bits per heavy atom. The molecule has 1 heterocycles. The fourth-order valence-corrected chi connectivity index (χ4v) is 4.21. The van der Waals surface area contributed by atoms with Crippen molar-refractivity contribution < 1.29 is 22.6 Å². The van der Waals surface area contributed by atoms with Crippen LogP contribution in [-0.4, -0.2) is 28.9 Å². The van der Waals surface area contributed by atoms with Gasteiger partial charge in [-0.3, -0.25) is 4.31 Å². The molecule has 0 atom stereocenters. The summed E-state index contributed by atoms with van der Waals surface area (Å²) in [7, 11) is -2.39. The van der Waals surface area contributed by atoms with Crippen LogP contribution >= 0.6 is 11.6 Å². The van der Waals surface area contributed by atoms with Gasteiger partial charge in [0.25, 0.3) is 10.0 Å². The molecule has 0 bridgehead atoms. The molecule has 0 N–H and O–H groups in total. The molecule has 0 aliphatic carbocycles. The first-order valence-corrected chi connectivity index (χ1v) is 9.16. The monoisotopic (exact) mass is 381 g/mol. The summed E-state index contributed by atoms with van der Waals surface area (Å²) < 4.78 is 43.0. The van der Waals surface area contributed by atoms with E-state index in [2.05, 4.69) is 6.58 Å². The molecule has 1 aliphatic heterocycles. The number of hydrogen-bond donors (Lipinski definition) is 0. The van der Waals surface area contributed by atoms with Crippen LogP contribution in [0, 0.1) is 0 Å². The molecule has 8 heteroatoms. The molecule has 0 fully saturated rings. The maximum Gasteiger partial charge on any atom is 0.264 e. The highest BCUT2D eigenvalue weighted by Crippen LogP contribution is 2.37. The number of rotatable bonds is 6. The third-order valence-corrected chi connectivity index (χ3v) is 5.74. The number of methoxy groups -OCH3 is 1. The predicted octanol–water partition coefficient (Wildman–Crippen LogP) is 3.46. The largest absolute Gasteiger partial charge is 0.495 e. The van der Waals surface area contributed by atoms with Gasteiger partial charge in [0.1, 0.15) is 5.75 Å². The molecular formula is C17H16ClNO5S. The molecule has 25 heavy (non-hydrogen) atoms.